The molecule has 0 saturated carbocycles. The van der Waals surface area contributed by atoms with Crippen LogP contribution in [0.3, 0.4) is 0 Å². The maximum atomic E-state index is 13.3. The van der Waals surface area contributed by atoms with Crippen LogP contribution < -0.4 is 5.73 Å². The molecule has 0 bridgehead atoms. The van der Waals surface area contributed by atoms with E-state index in [-0.39, 0.29) is 17.0 Å². The number of rotatable bonds is 4. The molecular formula is C12H13ClFN3O. The lowest BCUT2D eigenvalue weighted by Gasteiger charge is -2.02. The van der Waals surface area contributed by atoms with Gasteiger partial charge < -0.3 is 10.3 Å². The van der Waals surface area contributed by atoms with Crippen LogP contribution in [0.5, 0.6) is 0 Å². The van der Waals surface area contributed by atoms with E-state index in [9.17, 15) is 4.39 Å². The molecule has 0 amide bonds. The Balaban J connectivity index is 2.32. The van der Waals surface area contributed by atoms with Crippen molar-refractivity contribution in [2.24, 2.45) is 5.73 Å². The standard InChI is InChI=1S/C12H13ClFN3O/c1-2-4-9(15)11-16-12(18-17-11)7-5-3-6-8(14)10(7)13/h3,5-6,9H,2,4,15H2,1H3. The van der Waals surface area contributed by atoms with Gasteiger partial charge in [0.15, 0.2) is 5.82 Å². The summed E-state index contributed by atoms with van der Waals surface area (Å²) in [6.07, 6.45) is 1.68. The van der Waals surface area contributed by atoms with Gasteiger partial charge in [-0.1, -0.05) is 36.2 Å². The van der Waals surface area contributed by atoms with E-state index in [1.165, 1.54) is 12.1 Å². The largest absolute Gasteiger partial charge is 0.334 e. The van der Waals surface area contributed by atoms with Gasteiger partial charge in [-0.05, 0) is 18.6 Å². The molecule has 18 heavy (non-hydrogen) atoms. The highest BCUT2D eigenvalue weighted by Crippen LogP contribution is 2.29. The van der Waals surface area contributed by atoms with Crippen molar-refractivity contribution in [1.82, 2.24) is 10.1 Å². The van der Waals surface area contributed by atoms with Gasteiger partial charge in [0.25, 0.3) is 5.89 Å². The number of aromatic nitrogens is 2. The predicted molar refractivity (Wildman–Crippen MR) is 66.5 cm³/mol. The Labute approximate surface area is 109 Å². The maximum Gasteiger partial charge on any atom is 0.259 e. The minimum atomic E-state index is -0.522. The summed E-state index contributed by atoms with van der Waals surface area (Å²) in [4.78, 5) is 4.15. The first-order chi connectivity index (χ1) is 8.63. The Morgan fingerprint density at radius 3 is 3.00 bits per heavy atom. The monoisotopic (exact) mass is 269 g/mol. The molecule has 4 nitrogen and oxygen atoms in total. The van der Waals surface area contributed by atoms with Crippen molar-refractivity contribution in [3.8, 4) is 11.5 Å². The topological polar surface area (TPSA) is 64.9 Å². The minimum Gasteiger partial charge on any atom is -0.334 e. The Kier molecular flexibility index (Phi) is 3.93. The summed E-state index contributed by atoms with van der Waals surface area (Å²) < 4.78 is 18.4. The normalized spacial score (nSPS) is 12.7. The van der Waals surface area contributed by atoms with Gasteiger partial charge in [0.1, 0.15) is 5.82 Å². The highest BCUT2D eigenvalue weighted by Gasteiger charge is 2.17. The van der Waals surface area contributed by atoms with Crippen molar-refractivity contribution in [1.29, 1.82) is 0 Å². The molecule has 1 heterocycles. The molecule has 1 atom stereocenters. The van der Waals surface area contributed by atoms with Gasteiger partial charge in [-0.15, -0.1) is 0 Å². The molecule has 0 fully saturated rings. The van der Waals surface area contributed by atoms with Crippen LogP contribution >= 0.6 is 11.6 Å². The molecule has 6 heteroatoms. The summed E-state index contributed by atoms with van der Waals surface area (Å²) in [6, 6.07) is 4.15. The van der Waals surface area contributed by atoms with Crippen LogP contribution in [0.1, 0.15) is 31.6 Å². The van der Waals surface area contributed by atoms with E-state index in [0.29, 0.717) is 11.4 Å². The van der Waals surface area contributed by atoms with E-state index in [1.807, 2.05) is 6.92 Å². The molecule has 96 valence electrons. The minimum absolute atomic E-state index is 0.0308. The van der Waals surface area contributed by atoms with Gasteiger partial charge in [0.2, 0.25) is 0 Å². The van der Waals surface area contributed by atoms with E-state index in [4.69, 9.17) is 21.9 Å². The third kappa shape index (κ3) is 2.52. The van der Waals surface area contributed by atoms with Gasteiger partial charge in [-0.3, -0.25) is 0 Å². The van der Waals surface area contributed by atoms with Gasteiger partial charge >= 0.3 is 0 Å². The molecule has 2 N–H and O–H groups in total. The fourth-order valence-electron chi connectivity index (χ4n) is 1.60. The van der Waals surface area contributed by atoms with Crippen LogP contribution in [-0.2, 0) is 0 Å². The third-order valence-electron chi connectivity index (χ3n) is 2.56. The van der Waals surface area contributed by atoms with Crippen LogP contribution in [0.2, 0.25) is 5.02 Å². The first kappa shape index (κ1) is 13.0. The van der Waals surface area contributed by atoms with E-state index in [2.05, 4.69) is 10.1 Å². The molecule has 0 aliphatic rings. The van der Waals surface area contributed by atoms with Gasteiger partial charge in [0, 0.05) is 0 Å². The third-order valence-corrected chi connectivity index (χ3v) is 2.94. The molecule has 0 aliphatic carbocycles. The maximum absolute atomic E-state index is 13.3. The number of nitrogens with two attached hydrogens (primary N) is 1. The van der Waals surface area contributed by atoms with E-state index < -0.39 is 5.82 Å². The smallest absolute Gasteiger partial charge is 0.259 e. The highest BCUT2D eigenvalue weighted by atomic mass is 35.5. The predicted octanol–water partition coefficient (Wildman–Crippen LogP) is 3.33. The lowest BCUT2D eigenvalue weighted by atomic mass is 10.2. The molecule has 2 aromatic rings. The zero-order chi connectivity index (χ0) is 13.1. The first-order valence-electron chi connectivity index (χ1n) is 5.67. The lowest BCUT2D eigenvalue weighted by molar-refractivity contribution is 0.413. The summed E-state index contributed by atoms with van der Waals surface area (Å²) in [5, 5.41) is 3.76. The molecule has 0 spiro atoms. The van der Waals surface area contributed by atoms with Gasteiger partial charge in [0.05, 0.1) is 16.6 Å². The zero-order valence-corrected chi connectivity index (χ0v) is 10.6. The zero-order valence-electron chi connectivity index (χ0n) is 9.86. The number of nitrogens with zero attached hydrogens (tertiary/aromatic N) is 2. The van der Waals surface area contributed by atoms with Gasteiger partial charge in [-0.25, -0.2) is 4.39 Å². The van der Waals surface area contributed by atoms with Crippen molar-refractivity contribution in [2.75, 3.05) is 0 Å². The number of hydrogen-bond acceptors (Lipinski definition) is 4. The fraction of sp³-hybridized carbons (Fsp3) is 0.333. The average molecular weight is 270 g/mol. The highest BCUT2D eigenvalue weighted by molar-refractivity contribution is 6.33. The van der Waals surface area contributed by atoms with Crippen LogP contribution in [0, 0.1) is 5.82 Å². The number of hydrogen-bond donors (Lipinski definition) is 1. The van der Waals surface area contributed by atoms with Crippen molar-refractivity contribution in [3.63, 3.8) is 0 Å². The van der Waals surface area contributed by atoms with Crippen LogP contribution in [0.15, 0.2) is 22.7 Å². The van der Waals surface area contributed by atoms with E-state index in [0.717, 1.165) is 12.8 Å². The number of benzene rings is 1. The molecular weight excluding hydrogens is 257 g/mol. The van der Waals surface area contributed by atoms with E-state index >= 15 is 0 Å². The summed E-state index contributed by atoms with van der Waals surface area (Å²) in [6.45, 7) is 2.02. The van der Waals surface area contributed by atoms with Crippen LogP contribution in [0.4, 0.5) is 4.39 Å². The molecule has 2 rings (SSSR count). The summed E-state index contributed by atoms with van der Waals surface area (Å²) in [5.41, 5.74) is 6.25. The average Bonchev–Trinajstić information content (AvgIpc) is 2.82. The fourth-order valence-corrected chi connectivity index (χ4v) is 1.81. The molecule has 0 saturated heterocycles. The quantitative estimate of drug-likeness (QED) is 0.925. The summed E-state index contributed by atoms with van der Waals surface area (Å²) in [7, 11) is 0. The van der Waals surface area contributed by atoms with Crippen molar-refractivity contribution >= 4 is 11.6 Å². The second-order valence-electron chi connectivity index (χ2n) is 3.95. The molecule has 0 aliphatic heterocycles. The molecule has 0 radical (unpaired) electrons. The van der Waals surface area contributed by atoms with Crippen molar-refractivity contribution in [3.05, 3.63) is 34.9 Å². The molecule has 1 unspecified atom stereocenters. The van der Waals surface area contributed by atoms with Crippen molar-refractivity contribution in [2.45, 2.75) is 25.8 Å². The van der Waals surface area contributed by atoms with Crippen molar-refractivity contribution < 1.29 is 8.91 Å². The SMILES string of the molecule is CCCC(N)c1noc(-c2cccc(F)c2Cl)n1. The Bertz CT molecular complexity index is 544. The lowest BCUT2D eigenvalue weighted by Crippen LogP contribution is -2.11. The first-order valence-corrected chi connectivity index (χ1v) is 6.04. The van der Waals surface area contributed by atoms with Gasteiger partial charge in [-0.2, -0.15) is 4.98 Å². The van der Waals surface area contributed by atoms with E-state index in [1.54, 1.807) is 6.07 Å². The molecule has 1 aromatic heterocycles. The Morgan fingerprint density at radius 1 is 1.50 bits per heavy atom. The van der Waals surface area contributed by atoms with Crippen LogP contribution in [0.25, 0.3) is 11.5 Å². The van der Waals surface area contributed by atoms with Crippen LogP contribution in [-0.4, -0.2) is 10.1 Å². The summed E-state index contributed by atoms with van der Waals surface area (Å²) in [5.74, 6) is 0.0694. The molecule has 1 aromatic carbocycles. The Morgan fingerprint density at radius 2 is 2.28 bits per heavy atom. The second-order valence-corrected chi connectivity index (χ2v) is 4.33. The summed E-state index contributed by atoms with van der Waals surface area (Å²) >= 11 is 5.84. The number of halogens is 2. The second kappa shape index (κ2) is 5.46. The Hall–Kier alpha value is -1.46.